The molecule has 2 nitrogen and oxygen atoms in total. The van der Waals surface area contributed by atoms with Gasteiger partial charge in [0.1, 0.15) is 5.75 Å². The first-order valence-corrected chi connectivity index (χ1v) is 6.05. The maximum Gasteiger partial charge on any atom is 0.159 e. The number of benzene rings is 2. The normalized spacial score (nSPS) is 10.1. The molecule has 2 heteroatoms. The molecule has 0 amide bonds. The molecule has 0 bridgehead atoms. The molecule has 0 heterocycles. The fourth-order valence-electron chi connectivity index (χ4n) is 1.83. The Bertz CT molecular complexity index is 541. The Kier molecular flexibility index (Phi) is 3.78. The molecule has 0 N–H and O–H groups in total. The highest BCUT2D eigenvalue weighted by Crippen LogP contribution is 2.24. The highest BCUT2D eigenvalue weighted by Gasteiger charge is 2.02. The maximum atomic E-state index is 11.2. The second-order valence-corrected chi connectivity index (χ2v) is 4.09. The monoisotopic (exact) mass is 240 g/mol. The number of hydrogen-bond donors (Lipinski definition) is 0. The predicted molar refractivity (Wildman–Crippen MR) is 73.1 cm³/mol. The molecule has 0 unspecified atom stereocenters. The van der Waals surface area contributed by atoms with E-state index in [0.717, 1.165) is 22.4 Å². The van der Waals surface area contributed by atoms with Gasteiger partial charge in [-0.15, -0.1) is 0 Å². The van der Waals surface area contributed by atoms with Crippen LogP contribution in [0.25, 0.3) is 11.1 Å². The second kappa shape index (κ2) is 5.50. The Hall–Kier alpha value is -2.09. The zero-order valence-corrected chi connectivity index (χ0v) is 10.6. The van der Waals surface area contributed by atoms with Gasteiger partial charge in [-0.2, -0.15) is 0 Å². The summed E-state index contributed by atoms with van der Waals surface area (Å²) in [5, 5.41) is 0. The first-order valence-electron chi connectivity index (χ1n) is 6.05. The van der Waals surface area contributed by atoms with Crippen molar-refractivity contribution in [2.45, 2.75) is 13.8 Å². The lowest BCUT2D eigenvalue weighted by molar-refractivity contribution is 0.101. The summed E-state index contributed by atoms with van der Waals surface area (Å²) < 4.78 is 5.48. The van der Waals surface area contributed by atoms with Crippen molar-refractivity contribution in [1.82, 2.24) is 0 Å². The van der Waals surface area contributed by atoms with Crippen LogP contribution >= 0.6 is 0 Å². The molecular formula is C16H16O2. The van der Waals surface area contributed by atoms with Gasteiger partial charge in [0.05, 0.1) is 6.61 Å². The lowest BCUT2D eigenvalue weighted by Gasteiger charge is -2.06. The van der Waals surface area contributed by atoms with E-state index in [0.29, 0.717) is 6.61 Å². The number of rotatable bonds is 4. The number of hydrogen-bond acceptors (Lipinski definition) is 2. The van der Waals surface area contributed by atoms with Gasteiger partial charge in [-0.05, 0) is 37.1 Å². The van der Waals surface area contributed by atoms with Crippen molar-refractivity contribution in [1.29, 1.82) is 0 Å². The van der Waals surface area contributed by atoms with E-state index >= 15 is 0 Å². The Balaban J connectivity index is 2.30. The summed E-state index contributed by atoms with van der Waals surface area (Å²) >= 11 is 0. The van der Waals surface area contributed by atoms with E-state index in [4.69, 9.17) is 4.74 Å². The first kappa shape index (κ1) is 12.4. The van der Waals surface area contributed by atoms with Gasteiger partial charge in [-0.1, -0.05) is 36.4 Å². The largest absolute Gasteiger partial charge is 0.494 e. The molecule has 0 atom stereocenters. The molecule has 92 valence electrons. The summed E-state index contributed by atoms with van der Waals surface area (Å²) in [5.74, 6) is 0.954. The van der Waals surface area contributed by atoms with Gasteiger partial charge < -0.3 is 4.74 Å². The fourth-order valence-corrected chi connectivity index (χ4v) is 1.83. The minimum absolute atomic E-state index is 0.0876. The quantitative estimate of drug-likeness (QED) is 0.756. The van der Waals surface area contributed by atoms with Crippen molar-refractivity contribution in [3.63, 3.8) is 0 Å². The fraction of sp³-hybridized carbons (Fsp3) is 0.188. The SMILES string of the molecule is CCOc1cccc(-c2ccc(C(C)=O)cc2)c1. The Morgan fingerprint density at radius 1 is 1.06 bits per heavy atom. The molecule has 0 radical (unpaired) electrons. The van der Waals surface area contributed by atoms with Crippen LogP contribution in [0.3, 0.4) is 0 Å². The van der Waals surface area contributed by atoms with Crippen LogP contribution in [0.15, 0.2) is 48.5 Å². The summed E-state index contributed by atoms with van der Waals surface area (Å²) in [7, 11) is 0. The van der Waals surface area contributed by atoms with Crippen molar-refractivity contribution in [3.8, 4) is 16.9 Å². The number of carbonyl (C=O) groups excluding carboxylic acids is 1. The number of carbonyl (C=O) groups is 1. The zero-order chi connectivity index (χ0) is 13.0. The minimum atomic E-state index is 0.0876. The van der Waals surface area contributed by atoms with Gasteiger partial charge in [0.2, 0.25) is 0 Å². The van der Waals surface area contributed by atoms with Crippen molar-refractivity contribution in [3.05, 3.63) is 54.1 Å². The highest BCUT2D eigenvalue weighted by atomic mass is 16.5. The van der Waals surface area contributed by atoms with E-state index < -0.39 is 0 Å². The molecule has 0 aliphatic rings. The summed E-state index contributed by atoms with van der Waals surface area (Å²) in [5.41, 5.74) is 2.91. The minimum Gasteiger partial charge on any atom is -0.494 e. The smallest absolute Gasteiger partial charge is 0.159 e. The Labute approximate surface area is 107 Å². The van der Waals surface area contributed by atoms with E-state index in [1.54, 1.807) is 6.92 Å². The molecule has 0 saturated carbocycles. The van der Waals surface area contributed by atoms with E-state index in [1.807, 2.05) is 55.5 Å². The van der Waals surface area contributed by atoms with Crippen LogP contribution < -0.4 is 4.74 Å². The molecular weight excluding hydrogens is 224 g/mol. The third-order valence-corrected chi connectivity index (χ3v) is 2.77. The van der Waals surface area contributed by atoms with Crippen LogP contribution in [0.1, 0.15) is 24.2 Å². The van der Waals surface area contributed by atoms with Gasteiger partial charge >= 0.3 is 0 Å². The molecule has 0 aliphatic heterocycles. The summed E-state index contributed by atoms with van der Waals surface area (Å²) in [6.07, 6.45) is 0. The van der Waals surface area contributed by atoms with Crippen molar-refractivity contribution >= 4 is 5.78 Å². The van der Waals surface area contributed by atoms with Gasteiger partial charge in [0.25, 0.3) is 0 Å². The molecule has 2 aromatic rings. The standard InChI is InChI=1S/C16H16O2/c1-3-18-16-6-4-5-15(11-16)14-9-7-13(8-10-14)12(2)17/h4-11H,3H2,1-2H3. The second-order valence-electron chi connectivity index (χ2n) is 4.09. The van der Waals surface area contributed by atoms with Crippen LogP contribution in [0, 0.1) is 0 Å². The third kappa shape index (κ3) is 2.77. The zero-order valence-electron chi connectivity index (χ0n) is 10.6. The van der Waals surface area contributed by atoms with Crippen LogP contribution in [0.5, 0.6) is 5.75 Å². The number of ketones is 1. The van der Waals surface area contributed by atoms with Gasteiger partial charge in [-0.25, -0.2) is 0 Å². The van der Waals surface area contributed by atoms with Gasteiger partial charge in [0, 0.05) is 5.56 Å². The van der Waals surface area contributed by atoms with Crippen LogP contribution in [-0.4, -0.2) is 12.4 Å². The average molecular weight is 240 g/mol. The third-order valence-electron chi connectivity index (χ3n) is 2.77. The van der Waals surface area contributed by atoms with Gasteiger partial charge in [-0.3, -0.25) is 4.79 Å². The van der Waals surface area contributed by atoms with Crippen LogP contribution in [-0.2, 0) is 0 Å². The summed E-state index contributed by atoms with van der Waals surface area (Å²) in [6.45, 7) is 4.20. The molecule has 0 aromatic heterocycles. The summed E-state index contributed by atoms with van der Waals surface area (Å²) in [6, 6.07) is 15.6. The topological polar surface area (TPSA) is 26.3 Å². The Morgan fingerprint density at radius 2 is 1.78 bits per heavy atom. The van der Waals surface area contributed by atoms with Crippen molar-refractivity contribution in [2.75, 3.05) is 6.61 Å². The van der Waals surface area contributed by atoms with E-state index in [9.17, 15) is 4.79 Å². The number of ether oxygens (including phenoxy) is 1. The van der Waals surface area contributed by atoms with Crippen LogP contribution in [0.2, 0.25) is 0 Å². The van der Waals surface area contributed by atoms with Crippen LogP contribution in [0.4, 0.5) is 0 Å². The first-order chi connectivity index (χ1) is 8.70. The lowest BCUT2D eigenvalue weighted by atomic mass is 10.0. The van der Waals surface area contributed by atoms with Crippen molar-refractivity contribution < 1.29 is 9.53 Å². The summed E-state index contributed by atoms with van der Waals surface area (Å²) in [4.78, 5) is 11.2. The average Bonchev–Trinajstić information content (AvgIpc) is 2.39. The molecule has 0 saturated heterocycles. The molecule has 18 heavy (non-hydrogen) atoms. The molecule has 0 aliphatic carbocycles. The van der Waals surface area contributed by atoms with E-state index in [2.05, 4.69) is 0 Å². The lowest BCUT2D eigenvalue weighted by Crippen LogP contribution is -1.92. The predicted octanol–water partition coefficient (Wildman–Crippen LogP) is 3.95. The number of Topliss-reactive ketones (excluding diaryl/α,β-unsaturated/α-hetero) is 1. The van der Waals surface area contributed by atoms with E-state index in [-0.39, 0.29) is 5.78 Å². The van der Waals surface area contributed by atoms with Crippen molar-refractivity contribution in [2.24, 2.45) is 0 Å². The van der Waals surface area contributed by atoms with Gasteiger partial charge in [0.15, 0.2) is 5.78 Å². The molecule has 0 fully saturated rings. The Morgan fingerprint density at radius 3 is 2.39 bits per heavy atom. The maximum absolute atomic E-state index is 11.2. The van der Waals surface area contributed by atoms with E-state index in [1.165, 1.54) is 0 Å². The molecule has 2 rings (SSSR count). The highest BCUT2D eigenvalue weighted by molar-refractivity contribution is 5.94. The molecule has 2 aromatic carbocycles. The molecule has 0 spiro atoms.